The molecule has 9 rings (SSSR count). The van der Waals surface area contributed by atoms with Crippen molar-refractivity contribution in [3.63, 3.8) is 0 Å². The molecule has 3 nitrogen and oxygen atoms in total. The predicted octanol–water partition coefficient (Wildman–Crippen LogP) is 15.4. The highest BCUT2D eigenvalue weighted by Gasteiger charge is 2.41. The Morgan fingerprint density at radius 2 is 0.909 bits per heavy atom. The lowest BCUT2D eigenvalue weighted by atomic mass is 9.73. The molecule has 0 N–H and O–H groups in total. The molecule has 0 aliphatic heterocycles. The van der Waals surface area contributed by atoms with Crippen LogP contribution < -0.4 is 9.80 Å². The van der Waals surface area contributed by atoms with Gasteiger partial charge in [0.1, 0.15) is 0 Å². The molecule has 0 saturated carbocycles. The van der Waals surface area contributed by atoms with Crippen molar-refractivity contribution in [3.05, 3.63) is 179 Å². The van der Waals surface area contributed by atoms with E-state index in [4.69, 9.17) is 0 Å². The van der Waals surface area contributed by atoms with Gasteiger partial charge in [-0.25, -0.2) is 0 Å². The third kappa shape index (κ3) is 5.95. The van der Waals surface area contributed by atoms with Crippen LogP contribution in [-0.4, -0.2) is 4.57 Å². The van der Waals surface area contributed by atoms with E-state index in [1.807, 2.05) is 0 Å². The van der Waals surface area contributed by atoms with E-state index >= 15 is 0 Å². The summed E-state index contributed by atoms with van der Waals surface area (Å²) in [6, 6.07) is 60.4. The van der Waals surface area contributed by atoms with Crippen LogP contribution in [0.3, 0.4) is 0 Å². The van der Waals surface area contributed by atoms with E-state index in [1.165, 1.54) is 55.4 Å². The zero-order valence-electron chi connectivity index (χ0n) is 31.8. The number of rotatable bonds is 11. The minimum absolute atomic E-state index is 0.123. The van der Waals surface area contributed by atoms with Gasteiger partial charge >= 0.3 is 0 Å². The number of halogens is 1. The van der Waals surface area contributed by atoms with Gasteiger partial charge in [0, 0.05) is 61.3 Å². The lowest BCUT2D eigenvalue weighted by Crippen LogP contribution is -2.24. The Morgan fingerprint density at radius 1 is 0.473 bits per heavy atom. The molecule has 0 atom stereocenters. The number of nitrogens with zero attached hydrogens (tertiary/aromatic N) is 3. The molecule has 4 heteroatoms. The molecule has 0 fully saturated rings. The molecule has 1 aliphatic rings. The quantitative estimate of drug-likeness (QED) is 0.130. The number of hydrogen-bond acceptors (Lipinski definition) is 2. The van der Waals surface area contributed by atoms with Crippen LogP contribution in [0.4, 0.5) is 34.1 Å². The first-order valence-electron chi connectivity index (χ1n) is 19.8. The molecule has 1 heterocycles. The topological polar surface area (TPSA) is 11.4 Å². The van der Waals surface area contributed by atoms with Gasteiger partial charge in [0.25, 0.3) is 0 Å². The van der Waals surface area contributed by atoms with Gasteiger partial charge in [0.15, 0.2) is 0 Å². The first-order valence-corrected chi connectivity index (χ1v) is 20.6. The summed E-state index contributed by atoms with van der Waals surface area (Å²) in [6.45, 7) is 7.99. The molecule has 0 amide bonds. The van der Waals surface area contributed by atoms with Crippen molar-refractivity contribution in [1.82, 2.24) is 4.57 Å². The molecular weight excluding hydrogens is 734 g/mol. The third-order valence-electron chi connectivity index (χ3n) is 11.9. The molecule has 0 saturated heterocycles. The molecule has 0 radical (unpaired) electrons. The summed E-state index contributed by atoms with van der Waals surface area (Å²) in [5.41, 5.74) is 14.9. The summed E-state index contributed by atoms with van der Waals surface area (Å²) in [7, 11) is 0. The number of fused-ring (bicyclic) bond motifs is 6. The predicted molar refractivity (Wildman–Crippen MR) is 238 cm³/mol. The molecule has 0 bridgehead atoms. The van der Waals surface area contributed by atoms with Gasteiger partial charge in [-0.2, -0.15) is 0 Å². The number of para-hydroxylation sites is 3. The standard InChI is InChI=1S/C51H46BrN3/c1-4-7-31-53-49-32-36(52)23-27-45(49)46-30-26-42(35-50(46)53)55(39-21-15-10-16-22-39)41-25-29-44-43-28-24-40(33-47(43)51(5-2,6-3)48(44)34-41)54(37-17-11-8-12-18-37)38-19-13-9-14-20-38/h8-30,32-35H,4-7,31H2,1-3H3. The Kier molecular flexibility index (Phi) is 9.31. The van der Waals surface area contributed by atoms with Crippen LogP contribution in [0.5, 0.6) is 0 Å². The average Bonchev–Trinajstić information content (AvgIpc) is 3.69. The normalized spacial score (nSPS) is 12.9. The van der Waals surface area contributed by atoms with Crippen LogP contribution in [0.25, 0.3) is 32.9 Å². The Hall–Kier alpha value is -5.58. The van der Waals surface area contributed by atoms with E-state index in [0.29, 0.717) is 0 Å². The van der Waals surface area contributed by atoms with Gasteiger partial charge in [-0.05, 0) is 126 Å². The first-order chi connectivity index (χ1) is 27.0. The highest BCUT2D eigenvalue weighted by molar-refractivity contribution is 9.10. The van der Waals surface area contributed by atoms with E-state index < -0.39 is 0 Å². The second-order valence-electron chi connectivity index (χ2n) is 14.8. The van der Waals surface area contributed by atoms with Crippen LogP contribution in [0, 0.1) is 0 Å². The lowest BCUT2D eigenvalue weighted by Gasteiger charge is -2.33. The van der Waals surface area contributed by atoms with Crippen LogP contribution in [0.2, 0.25) is 0 Å². The first kappa shape index (κ1) is 35.1. The lowest BCUT2D eigenvalue weighted by molar-refractivity contribution is 0.490. The third-order valence-corrected chi connectivity index (χ3v) is 12.4. The number of aryl methyl sites for hydroxylation is 1. The van der Waals surface area contributed by atoms with Crippen LogP contribution >= 0.6 is 15.9 Å². The minimum Gasteiger partial charge on any atom is -0.340 e. The van der Waals surface area contributed by atoms with Crippen LogP contribution in [0.15, 0.2) is 168 Å². The molecule has 1 aliphatic carbocycles. The summed E-state index contributed by atoms with van der Waals surface area (Å²) >= 11 is 3.76. The summed E-state index contributed by atoms with van der Waals surface area (Å²) in [6.07, 6.45) is 4.31. The maximum absolute atomic E-state index is 3.76. The summed E-state index contributed by atoms with van der Waals surface area (Å²) in [5.74, 6) is 0. The smallest absolute Gasteiger partial charge is 0.0512 e. The van der Waals surface area contributed by atoms with Gasteiger partial charge in [0.05, 0.1) is 11.0 Å². The Morgan fingerprint density at radius 3 is 1.40 bits per heavy atom. The second-order valence-corrected chi connectivity index (χ2v) is 15.7. The fourth-order valence-electron chi connectivity index (χ4n) is 9.14. The SMILES string of the molecule is CCCCn1c2cc(Br)ccc2c2ccc(N(c3ccccc3)c3ccc4c(c3)C(CC)(CC)c3cc(N(c5ccccc5)c5ccccc5)ccc3-4)cc21. The maximum Gasteiger partial charge on any atom is 0.0512 e. The van der Waals surface area contributed by atoms with Crippen molar-refractivity contribution < 1.29 is 0 Å². The number of anilines is 6. The number of unbranched alkanes of at least 4 members (excludes halogenated alkanes) is 1. The molecule has 272 valence electrons. The summed E-state index contributed by atoms with van der Waals surface area (Å²) < 4.78 is 3.64. The Labute approximate surface area is 333 Å². The molecule has 7 aromatic carbocycles. The van der Waals surface area contributed by atoms with Crippen molar-refractivity contribution in [3.8, 4) is 11.1 Å². The number of aromatic nitrogens is 1. The molecule has 1 aromatic heterocycles. The number of benzene rings is 7. The average molecular weight is 781 g/mol. The fourth-order valence-corrected chi connectivity index (χ4v) is 9.49. The van der Waals surface area contributed by atoms with Crippen molar-refractivity contribution in [2.45, 2.75) is 58.4 Å². The van der Waals surface area contributed by atoms with Crippen molar-refractivity contribution in [2.75, 3.05) is 9.80 Å². The highest BCUT2D eigenvalue weighted by atomic mass is 79.9. The van der Waals surface area contributed by atoms with Gasteiger partial charge < -0.3 is 14.4 Å². The second kappa shape index (κ2) is 14.6. The molecule has 55 heavy (non-hydrogen) atoms. The van der Waals surface area contributed by atoms with Gasteiger partial charge in [0.2, 0.25) is 0 Å². The fraction of sp³-hybridized carbons (Fsp3) is 0.176. The molecule has 0 unspecified atom stereocenters. The maximum atomic E-state index is 3.76. The van der Waals surface area contributed by atoms with E-state index in [9.17, 15) is 0 Å². The summed E-state index contributed by atoms with van der Waals surface area (Å²) in [5, 5.41) is 2.60. The minimum atomic E-state index is -0.123. The monoisotopic (exact) mass is 779 g/mol. The van der Waals surface area contributed by atoms with E-state index in [-0.39, 0.29) is 5.41 Å². The molecular formula is C51H46BrN3. The van der Waals surface area contributed by atoms with E-state index in [1.54, 1.807) is 0 Å². The Bertz CT molecular complexity index is 2580. The number of hydrogen-bond donors (Lipinski definition) is 0. The largest absolute Gasteiger partial charge is 0.340 e. The van der Waals surface area contributed by atoms with E-state index in [0.717, 1.165) is 59.5 Å². The summed E-state index contributed by atoms with van der Waals surface area (Å²) in [4.78, 5) is 4.84. The highest BCUT2D eigenvalue weighted by Crippen LogP contribution is 2.55. The van der Waals surface area contributed by atoms with Crippen LogP contribution in [0.1, 0.15) is 57.6 Å². The molecule has 8 aromatic rings. The van der Waals surface area contributed by atoms with Gasteiger partial charge in [-0.15, -0.1) is 0 Å². The van der Waals surface area contributed by atoms with Gasteiger partial charge in [-0.1, -0.05) is 122 Å². The Balaban J connectivity index is 1.20. The van der Waals surface area contributed by atoms with Crippen molar-refractivity contribution in [2.24, 2.45) is 0 Å². The van der Waals surface area contributed by atoms with Crippen molar-refractivity contribution >= 4 is 71.9 Å². The zero-order chi connectivity index (χ0) is 37.5. The van der Waals surface area contributed by atoms with Gasteiger partial charge in [-0.3, -0.25) is 0 Å². The van der Waals surface area contributed by atoms with Crippen LogP contribution in [-0.2, 0) is 12.0 Å². The zero-order valence-corrected chi connectivity index (χ0v) is 33.4. The van der Waals surface area contributed by atoms with E-state index in [2.05, 4.69) is 215 Å². The molecule has 0 spiro atoms. The van der Waals surface area contributed by atoms with Crippen molar-refractivity contribution in [1.29, 1.82) is 0 Å².